The molecule has 3 amide bonds. The van der Waals surface area contributed by atoms with E-state index in [2.05, 4.69) is 31.6 Å². The quantitative estimate of drug-likeness (QED) is 0.731. The van der Waals surface area contributed by atoms with Crippen LogP contribution < -0.4 is 10.2 Å². The van der Waals surface area contributed by atoms with Gasteiger partial charge in [0.15, 0.2) is 12.1 Å². The third kappa shape index (κ3) is 3.15. The minimum atomic E-state index is -1.00. The number of halogens is 2. The average Bonchev–Trinajstić information content (AvgIpc) is 3.18. The third-order valence-corrected chi connectivity index (χ3v) is 4.92. The van der Waals surface area contributed by atoms with E-state index < -0.39 is 35.6 Å². The molecule has 28 heavy (non-hydrogen) atoms. The van der Waals surface area contributed by atoms with E-state index in [-0.39, 0.29) is 12.2 Å². The monoisotopic (exact) mass is 445 g/mol. The summed E-state index contributed by atoms with van der Waals surface area (Å²) in [4.78, 5) is 38.7. The van der Waals surface area contributed by atoms with Gasteiger partial charge in [-0.25, -0.2) is 9.29 Å². The van der Waals surface area contributed by atoms with Crippen molar-refractivity contribution in [2.75, 3.05) is 16.8 Å². The molecule has 2 atom stereocenters. The number of nitrogens with one attached hydrogen (secondary N) is 1. The van der Waals surface area contributed by atoms with E-state index >= 15 is 0 Å². The van der Waals surface area contributed by atoms with Crippen LogP contribution in [0, 0.1) is 5.82 Å². The number of benzene rings is 2. The van der Waals surface area contributed by atoms with Crippen LogP contribution in [0.15, 0.2) is 63.3 Å². The molecule has 2 aromatic carbocycles. The Kier molecular flexibility index (Phi) is 4.63. The van der Waals surface area contributed by atoms with E-state index in [4.69, 9.17) is 0 Å². The van der Waals surface area contributed by atoms with Crippen molar-refractivity contribution in [3.8, 4) is 0 Å². The number of hydrogen-bond donors (Lipinski definition) is 1. The summed E-state index contributed by atoms with van der Waals surface area (Å²) in [7, 11) is 0. The molecule has 1 fully saturated rings. The van der Waals surface area contributed by atoms with Gasteiger partial charge in [0.25, 0.3) is 11.8 Å². The maximum Gasteiger partial charge on any atom is 0.263 e. The van der Waals surface area contributed by atoms with Gasteiger partial charge < -0.3 is 5.32 Å². The predicted molar refractivity (Wildman–Crippen MR) is 101 cm³/mol. The van der Waals surface area contributed by atoms with Crippen molar-refractivity contribution in [1.82, 2.24) is 5.01 Å². The first-order valence-corrected chi connectivity index (χ1v) is 9.10. The summed E-state index contributed by atoms with van der Waals surface area (Å²) in [6.45, 7) is -0.341. The number of fused-ring (bicyclic) bond motifs is 1. The molecule has 0 saturated carbocycles. The molecule has 0 spiro atoms. The summed E-state index contributed by atoms with van der Waals surface area (Å²) in [6.07, 6.45) is 0. The van der Waals surface area contributed by atoms with Crippen molar-refractivity contribution in [3.63, 3.8) is 0 Å². The molecule has 1 N–H and O–H groups in total. The van der Waals surface area contributed by atoms with Gasteiger partial charge in [0.1, 0.15) is 12.4 Å². The number of imide groups is 1. The van der Waals surface area contributed by atoms with E-state index in [1.54, 1.807) is 30.3 Å². The first kappa shape index (κ1) is 18.2. The highest BCUT2D eigenvalue weighted by molar-refractivity contribution is 9.10. The van der Waals surface area contributed by atoms with Gasteiger partial charge in [-0.3, -0.25) is 19.4 Å². The lowest BCUT2D eigenvalue weighted by molar-refractivity contribution is -0.123. The molecular formula is C18H13BrFN5O3. The van der Waals surface area contributed by atoms with E-state index in [9.17, 15) is 18.8 Å². The van der Waals surface area contributed by atoms with Gasteiger partial charge in [0.05, 0.1) is 11.4 Å². The van der Waals surface area contributed by atoms with Crippen LogP contribution >= 0.6 is 15.9 Å². The SMILES string of the molecule is O=C(CN1N=N[C@@H]2C(=O)N(c3ccc(Br)cc3)C(=O)[C@@H]21)Nc1ccccc1F. The van der Waals surface area contributed by atoms with Crippen LogP contribution in [0.25, 0.3) is 0 Å². The fourth-order valence-corrected chi connectivity index (χ4v) is 3.36. The zero-order chi connectivity index (χ0) is 19.8. The smallest absolute Gasteiger partial charge is 0.263 e. The normalized spacial score (nSPS) is 20.6. The van der Waals surface area contributed by atoms with Gasteiger partial charge in [-0.1, -0.05) is 33.3 Å². The summed E-state index contributed by atoms with van der Waals surface area (Å²) in [5.41, 5.74) is 0.434. The lowest BCUT2D eigenvalue weighted by atomic mass is 10.1. The number of rotatable bonds is 4. The number of carbonyl (C=O) groups excluding carboxylic acids is 3. The second-order valence-electron chi connectivity index (χ2n) is 6.21. The number of hydrogen-bond acceptors (Lipinski definition) is 6. The Morgan fingerprint density at radius 3 is 2.54 bits per heavy atom. The second kappa shape index (κ2) is 7.12. The van der Waals surface area contributed by atoms with Crippen LogP contribution in [0.1, 0.15) is 0 Å². The zero-order valence-electron chi connectivity index (χ0n) is 14.3. The Balaban J connectivity index is 1.49. The number of amides is 3. The minimum Gasteiger partial charge on any atom is -0.322 e. The summed E-state index contributed by atoms with van der Waals surface area (Å²) in [5.74, 6) is -2.17. The Labute approximate surface area is 167 Å². The molecule has 2 aliphatic heterocycles. The zero-order valence-corrected chi connectivity index (χ0v) is 15.8. The van der Waals surface area contributed by atoms with E-state index in [1.165, 1.54) is 18.2 Å². The summed E-state index contributed by atoms with van der Waals surface area (Å²) in [5, 5.41) is 11.2. The highest BCUT2D eigenvalue weighted by atomic mass is 79.9. The van der Waals surface area contributed by atoms with Crippen molar-refractivity contribution in [1.29, 1.82) is 0 Å². The number of anilines is 2. The van der Waals surface area contributed by atoms with E-state index in [1.807, 2.05) is 0 Å². The topological polar surface area (TPSA) is 94.4 Å². The minimum absolute atomic E-state index is 0.0190. The van der Waals surface area contributed by atoms with Gasteiger partial charge in [0, 0.05) is 4.47 Å². The first-order valence-electron chi connectivity index (χ1n) is 8.31. The molecule has 10 heteroatoms. The highest BCUT2D eigenvalue weighted by Crippen LogP contribution is 2.32. The van der Waals surface area contributed by atoms with Gasteiger partial charge in [-0.2, -0.15) is 5.11 Å². The molecule has 0 unspecified atom stereocenters. The molecule has 142 valence electrons. The molecule has 0 radical (unpaired) electrons. The molecule has 8 nitrogen and oxygen atoms in total. The van der Waals surface area contributed by atoms with Crippen molar-refractivity contribution in [3.05, 3.63) is 58.8 Å². The molecule has 4 rings (SSSR count). The second-order valence-corrected chi connectivity index (χ2v) is 7.12. The largest absolute Gasteiger partial charge is 0.322 e. The molecule has 0 bridgehead atoms. The van der Waals surface area contributed by atoms with Crippen LogP contribution in [0.5, 0.6) is 0 Å². The number of para-hydroxylation sites is 1. The standard InChI is InChI=1S/C18H13BrFN5O3/c19-10-5-7-11(8-6-10)25-17(27)15-16(18(25)28)24(23-22-15)9-14(26)21-13-4-2-1-3-12(13)20/h1-8,15-16H,9H2,(H,21,26)/t15-,16+/m0/s1. The van der Waals surface area contributed by atoms with Crippen molar-refractivity contribution < 1.29 is 18.8 Å². The maximum absolute atomic E-state index is 13.7. The molecule has 2 aromatic rings. The van der Waals surface area contributed by atoms with Crippen LogP contribution in [0.4, 0.5) is 15.8 Å². The molecule has 0 aliphatic carbocycles. The molecule has 1 saturated heterocycles. The number of nitrogens with zero attached hydrogens (tertiary/aromatic N) is 4. The van der Waals surface area contributed by atoms with Gasteiger partial charge in [-0.15, -0.1) is 0 Å². The molecule has 2 heterocycles. The van der Waals surface area contributed by atoms with Crippen LogP contribution in [0.3, 0.4) is 0 Å². The maximum atomic E-state index is 13.7. The average molecular weight is 446 g/mol. The van der Waals surface area contributed by atoms with E-state index in [0.29, 0.717) is 5.69 Å². The van der Waals surface area contributed by atoms with Gasteiger partial charge >= 0.3 is 0 Å². The number of carbonyl (C=O) groups is 3. The third-order valence-electron chi connectivity index (χ3n) is 4.40. The van der Waals surface area contributed by atoms with Crippen LogP contribution in [0.2, 0.25) is 0 Å². The van der Waals surface area contributed by atoms with Crippen molar-refractivity contribution >= 4 is 45.0 Å². The Morgan fingerprint density at radius 2 is 1.82 bits per heavy atom. The predicted octanol–water partition coefficient (Wildman–Crippen LogP) is 2.52. The van der Waals surface area contributed by atoms with E-state index in [0.717, 1.165) is 14.4 Å². The summed E-state index contributed by atoms with van der Waals surface area (Å²) in [6, 6.07) is 10.4. The van der Waals surface area contributed by atoms with Crippen molar-refractivity contribution in [2.24, 2.45) is 10.3 Å². The molecule has 2 aliphatic rings. The first-order chi connectivity index (χ1) is 13.5. The lowest BCUT2D eigenvalue weighted by Crippen LogP contribution is -2.43. The lowest BCUT2D eigenvalue weighted by Gasteiger charge is -2.20. The molecule has 0 aromatic heterocycles. The van der Waals surface area contributed by atoms with Gasteiger partial charge in [0.2, 0.25) is 5.91 Å². The Bertz CT molecular complexity index is 997. The molecular weight excluding hydrogens is 433 g/mol. The Morgan fingerprint density at radius 1 is 1.11 bits per heavy atom. The summed E-state index contributed by atoms with van der Waals surface area (Å²) < 4.78 is 14.5. The fourth-order valence-electron chi connectivity index (χ4n) is 3.10. The fraction of sp³-hybridized carbons (Fsp3) is 0.167. The van der Waals surface area contributed by atoms with Crippen molar-refractivity contribution in [2.45, 2.75) is 12.1 Å². The highest BCUT2D eigenvalue weighted by Gasteiger charge is 2.55. The van der Waals surface area contributed by atoms with Gasteiger partial charge in [-0.05, 0) is 36.4 Å². The van der Waals surface area contributed by atoms with Crippen LogP contribution in [-0.2, 0) is 14.4 Å². The summed E-state index contributed by atoms with van der Waals surface area (Å²) >= 11 is 3.30. The van der Waals surface area contributed by atoms with Crippen LogP contribution in [-0.4, -0.2) is 41.4 Å². The Hall–Kier alpha value is -3.14.